The van der Waals surface area contributed by atoms with Crippen LogP contribution in [0.25, 0.3) is 5.69 Å². The molecule has 168 valence electrons. The largest absolute Gasteiger partial charge is 0.367 e. The van der Waals surface area contributed by atoms with Crippen molar-refractivity contribution in [3.05, 3.63) is 90.6 Å². The Morgan fingerprint density at radius 2 is 1.76 bits per heavy atom. The van der Waals surface area contributed by atoms with Gasteiger partial charge >= 0.3 is 0 Å². The van der Waals surface area contributed by atoms with Gasteiger partial charge in [0.25, 0.3) is 0 Å². The average molecular weight is 440 g/mol. The van der Waals surface area contributed by atoms with Crippen molar-refractivity contribution in [1.82, 2.24) is 24.4 Å². The number of imidazole rings is 1. The number of nitrogens with zero attached hydrogens (tertiary/aromatic N) is 5. The first kappa shape index (κ1) is 21.2. The predicted octanol–water partition coefficient (Wildman–Crippen LogP) is 4.79. The lowest BCUT2D eigenvalue weighted by Crippen LogP contribution is -2.38. The highest BCUT2D eigenvalue weighted by Gasteiger charge is 2.19. The van der Waals surface area contributed by atoms with E-state index in [0.29, 0.717) is 12.0 Å². The van der Waals surface area contributed by atoms with Crippen LogP contribution in [-0.4, -0.2) is 43.6 Å². The molecule has 3 heterocycles. The Morgan fingerprint density at radius 1 is 0.970 bits per heavy atom. The fraction of sp³-hybridized carbons (Fsp3) is 0.269. The zero-order valence-electron chi connectivity index (χ0n) is 18.9. The summed E-state index contributed by atoms with van der Waals surface area (Å²) in [5.74, 6) is 1.48. The lowest BCUT2D eigenvalue weighted by molar-refractivity contribution is 0.211. The van der Waals surface area contributed by atoms with E-state index in [1.807, 2.05) is 48.0 Å². The topological polar surface area (TPSA) is 70.9 Å². The SMILES string of the molecule is Cc1cc(NC2CCN(Cc3ccccc3)CC2)nc(Nc2ccc(-n3ccnc3)cc2)n1. The Labute approximate surface area is 194 Å². The molecule has 1 fully saturated rings. The van der Waals surface area contributed by atoms with Crippen molar-refractivity contribution in [1.29, 1.82) is 0 Å². The van der Waals surface area contributed by atoms with E-state index < -0.39 is 0 Å². The summed E-state index contributed by atoms with van der Waals surface area (Å²) in [4.78, 5) is 15.9. The molecule has 7 heteroatoms. The molecule has 2 N–H and O–H groups in total. The van der Waals surface area contributed by atoms with Crippen molar-refractivity contribution in [3.8, 4) is 5.69 Å². The number of hydrogen-bond donors (Lipinski definition) is 2. The number of piperidine rings is 1. The van der Waals surface area contributed by atoms with Crippen LogP contribution in [0.1, 0.15) is 24.1 Å². The van der Waals surface area contributed by atoms with Crippen LogP contribution in [0.3, 0.4) is 0 Å². The molecule has 0 saturated carbocycles. The predicted molar refractivity (Wildman–Crippen MR) is 132 cm³/mol. The first-order valence-electron chi connectivity index (χ1n) is 11.5. The maximum absolute atomic E-state index is 4.72. The summed E-state index contributed by atoms with van der Waals surface area (Å²) >= 11 is 0. The highest BCUT2D eigenvalue weighted by atomic mass is 15.2. The van der Waals surface area contributed by atoms with Gasteiger partial charge in [0.15, 0.2) is 0 Å². The van der Waals surface area contributed by atoms with E-state index in [0.717, 1.165) is 55.4 Å². The van der Waals surface area contributed by atoms with Gasteiger partial charge in [-0.3, -0.25) is 4.90 Å². The van der Waals surface area contributed by atoms with Crippen molar-refractivity contribution in [2.75, 3.05) is 23.7 Å². The van der Waals surface area contributed by atoms with Crippen LogP contribution in [0.2, 0.25) is 0 Å². The van der Waals surface area contributed by atoms with Crippen LogP contribution in [0.5, 0.6) is 0 Å². The van der Waals surface area contributed by atoms with Crippen molar-refractivity contribution >= 4 is 17.5 Å². The van der Waals surface area contributed by atoms with Gasteiger partial charge < -0.3 is 15.2 Å². The number of aryl methyl sites for hydroxylation is 1. The minimum Gasteiger partial charge on any atom is -0.367 e. The number of nitrogens with one attached hydrogen (secondary N) is 2. The Bertz CT molecular complexity index is 1150. The van der Waals surface area contributed by atoms with E-state index in [1.54, 1.807) is 12.5 Å². The number of rotatable bonds is 7. The van der Waals surface area contributed by atoms with Gasteiger partial charge in [-0.15, -0.1) is 0 Å². The highest BCUT2D eigenvalue weighted by Crippen LogP contribution is 2.21. The molecule has 1 aliphatic heterocycles. The lowest BCUT2D eigenvalue weighted by Gasteiger charge is -2.32. The molecule has 2 aromatic heterocycles. The molecule has 5 rings (SSSR count). The van der Waals surface area contributed by atoms with E-state index in [2.05, 4.69) is 55.8 Å². The third-order valence-electron chi connectivity index (χ3n) is 5.97. The van der Waals surface area contributed by atoms with Gasteiger partial charge in [0.05, 0.1) is 6.33 Å². The Morgan fingerprint density at radius 3 is 2.48 bits per heavy atom. The number of anilines is 3. The molecule has 1 aliphatic rings. The van der Waals surface area contributed by atoms with Crippen LogP contribution in [0, 0.1) is 6.92 Å². The highest BCUT2D eigenvalue weighted by molar-refractivity contribution is 5.57. The second-order valence-electron chi connectivity index (χ2n) is 8.54. The maximum Gasteiger partial charge on any atom is 0.229 e. The average Bonchev–Trinajstić information content (AvgIpc) is 3.36. The summed E-state index contributed by atoms with van der Waals surface area (Å²) in [5.41, 5.74) is 4.32. The Balaban J connectivity index is 1.18. The number of likely N-dealkylation sites (tertiary alicyclic amines) is 1. The van der Waals surface area contributed by atoms with Gasteiger partial charge in [0.2, 0.25) is 5.95 Å². The van der Waals surface area contributed by atoms with E-state index >= 15 is 0 Å². The van der Waals surface area contributed by atoms with Crippen molar-refractivity contribution in [3.63, 3.8) is 0 Å². The van der Waals surface area contributed by atoms with Gasteiger partial charge in [-0.2, -0.15) is 4.98 Å². The molecule has 0 aliphatic carbocycles. The smallest absolute Gasteiger partial charge is 0.229 e. The molecule has 0 amide bonds. The standard InChI is InChI=1S/C26H29N7/c1-20-17-25(29-23-11-14-32(15-12-23)18-21-5-3-2-4-6-21)31-26(28-20)30-22-7-9-24(10-8-22)33-16-13-27-19-33/h2-10,13,16-17,19,23H,11-12,14-15,18H2,1H3,(H2,28,29,30,31). The van der Waals surface area contributed by atoms with E-state index in [-0.39, 0.29) is 0 Å². The quantitative estimate of drug-likeness (QED) is 0.431. The molecule has 0 atom stereocenters. The van der Waals surface area contributed by atoms with Crippen molar-refractivity contribution in [2.45, 2.75) is 32.4 Å². The molecule has 33 heavy (non-hydrogen) atoms. The normalized spacial score (nSPS) is 14.8. The zero-order valence-corrected chi connectivity index (χ0v) is 18.9. The molecule has 7 nitrogen and oxygen atoms in total. The van der Waals surface area contributed by atoms with Gasteiger partial charge in [-0.25, -0.2) is 9.97 Å². The number of hydrogen-bond acceptors (Lipinski definition) is 6. The molecular formula is C26H29N7. The first-order chi connectivity index (χ1) is 16.2. The van der Waals surface area contributed by atoms with E-state index in [1.165, 1.54) is 5.56 Å². The first-order valence-corrected chi connectivity index (χ1v) is 11.5. The molecular weight excluding hydrogens is 410 g/mol. The summed E-state index contributed by atoms with van der Waals surface area (Å²) in [6.45, 7) is 5.20. The molecule has 0 unspecified atom stereocenters. The fourth-order valence-corrected chi connectivity index (χ4v) is 4.24. The van der Waals surface area contributed by atoms with Crippen molar-refractivity contribution < 1.29 is 0 Å². The van der Waals surface area contributed by atoms with Crippen LogP contribution >= 0.6 is 0 Å². The molecule has 0 radical (unpaired) electrons. The Kier molecular flexibility index (Phi) is 6.30. The second-order valence-corrected chi connectivity index (χ2v) is 8.54. The van der Waals surface area contributed by atoms with Gasteiger partial charge in [0, 0.05) is 61.2 Å². The van der Waals surface area contributed by atoms with Crippen LogP contribution < -0.4 is 10.6 Å². The molecule has 2 aromatic carbocycles. The molecule has 1 saturated heterocycles. The van der Waals surface area contributed by atoms with Gasteiger partial charge in [-0.05, 0) is 49.6 Å². The van der Waals surface area contributed by atoms with Gasteiger partial charge in [0.1, 0.15) is 5.82 Å². The molecule has 4 aromatic rings. The third kappa shape index (κ3) is 5.56. The second kappa shape index (κ2) is 9.83. The summed E-state index contributed by atoms with van der Waals surface area (Å²) in [6, 6.07) is 21.3. The van der Waals surface area contributed by atoms with Crippen LogP contribution in [0.15, 0.2) is 79.4 Å². The summed E-state index contributed by atoms with van der Waals surface area (Å²) < 4.78 is 1.97. The minimum absolute atomic E-state index is 0.425. The monoisotopic (exact) mass is 439 g/mol. The zero-order chi connectivity index (χ0) is 22.5. The van der Waals surface area contributed by atoms with Crippen molar-refractivity contribution in [2.24, 2.45) is 0 Å². The summed E-state index contributed by atoms with van der Waals surface area (Å²) in [6.07, 6.45) is 7.70. The minimum atomic E-state index is 0.425. The maximum atomic E-state index is 4.72. The third-order valence-corrected chi connectivity index (χ3v) is 5.97. The number of benzene rings is 2. The fourth-order valence-electron chi connectivity index (χ4n) is 4.24. The van der Waals surface area contributed by atoms with Gasteiger partial charge in [-0.1, -0.05) is 30.3 Å². The summed E-state index contributed by atoms with van der Waals surface area (Å²) in [5, 5.41) is 6.97. The van der Waals surface area contributed by atoms with E-state index in [4.69, 9.17) is 4.98 Å². The Hall–Kier alpha value is -3.71. The molecule has 0 spiro atoms. The molecule has 0 bridgehead atoms. The van der Waals surface area contributed by atoms with E-state index in [9.17, 15) is 0 Å². The van der Waals surface area contributed by atoms with Crippen LogP contribution in [0.4, 0.5) is 17.5 Å². The van der Waals surface area contributed by atoms with Crippen LogP contribution in [-0.2, 0) is 6.54 Å². The summed E-state index contributed by atoms with van der Waals surface area (Å²) in [7, 11) is 0. The number of aromatic nitrogens is 4. The lowest BCUT2D eigenvalue weighted by atomic mass is 10.0.